The monoisotopic (exact) mass is 224 g/mol. The molecule has 0 atom stereocenters. The van der Waals surface area contributed by atoms with Crippen molar-refractivity contribution in [2.24, 2.45) is 0 Å². The van der Waals surface area contributed by atoms with Gasteiger partial charge in [0.1, 0.15) is 5.60 Å². The van der Waals surface area contributed by atoms with E-state index in [1.165, 1.54) is 6.92 Å². The average molecular weight is 224 g/mol. The van der Waals surface area contributed by atoms with Gasteiger partial charge in [0, 0.05) is 26.1 Å². The Morgan fingerprint density at radius 2 is 2.07 bits per heavy atom. The van der Waals surface area contributed by atoms with Gasteiger partial charge in [0.15, 0.2) is 0 Å². The zero-order valence-corrected chi connectivity index (χ0v) is 8.46. The Labute approximate surface area is 86.2 Å². The normalized spacial score (nSPS) is 21.1. The fourth-order valence-electron chi connectivity index (χ4n) is 1.43. The van der Waals surface area contributed by atoms with E-state index in [0.717, 1.165) is 0 Å². The average Bonchev–Trinajstić information content (AvgIpc) is 2.19. The summed E-state index contributed by atoms with van der Waals surface area (Å²) < 4.78 is 36.1. The Morgan fingerprint density at radius 1 is 1.53 bits per heavy atom. The summed E-state index contributed by atoms with van der Waals surface area (Å²) in [5.41, 5.74) is -2.34. The van der Waals surface area contributed by atoms with Gasteiger partial charge in [-0.25, -0.2) is 4.79 Å². The topological polar surface area (TPSA) is 55.8 Å². The van der Waals surface area contributed by atoms with Gasteiger partial charge in [-0.2, -0.15) is 8.78 Å². The van der Waals surface area contributed by atoms with Crippen molar-refractivity contribution < 1.29 is 28.2 Å². The van der Waals surface area contributed by atoms with E-state index in [2.05, 4.69) is 4.74 Å². The molecule has 0 radical (unpaired) electrons. The molecule has 0 aliphatic carbocycles. The minimum atomic E-state index is -3.87. The number of halogens is 2. The van der Waals surface area contributed by atoms with Crippen LogP contribution in [0.2, 0.25) is 0 Å². The number of ether oxygens (including phenoxy) is 2. The van der Waals surface area contributed by atoms with E-state index in [-0.39, 0.29) is 32.7 Å². The quantitative estimate of drug-likeness (QED) is 0.718. The summed E-state index contributed by atoms with van der Waals surface area (Å²) >= 11 is 0. The summed E-state index contributed by atoms with van der Waals surface area (Å²) in [6, 6.07) is 0. The maximum atomic E-state index is 13.5. The third kappa shape index (κ3) is 2.26. The Hall–Kier alpha value is -0.750. The molecule has 6 heteroatoms. The minimum Gasteiger partial charge on any atom is -0.461 e. The zero-order valence-electron chi connectivity index (χ0n) is 8.46. The van der Waals surface area contributed by atoms with Gasteiger partial charge in [0.2, 0.25) is 0 Å². The summed E-state index contributed by atoms with van der Waals surface area (Å²) in [5.74, 6) is -5.54. The lowest BCUT2D eigenvalue weighted by Gasteiger charge is -2.36. The molecule has 4 nitrogen and oxygen atoms in total. The second-order valence-corrected chi connectivity index (χ2v) is 3.44. The van der Waals surface area contributed by atoms with Crippen LogP contribution in [0.1, 0.15) is 19.8 Å². The van der Waals surface area contributed by atoms with Crippen LogP contribution in [0.3, 0.4) is 0 Å². The molecule has 1 fully saturated rings. The fraction of sp³-hybridized carbons (Fsp3) is 0.889. The van der Waals surface area contributed by atoms with Gasteiger partial charge in [-0.05, 0) is 6.92 Å². The number of esters is 1. The molecule has 88 valence electrons. The Kier molecular flexibility index (Phi) is 3.62. The van der Waals surface area contributed by atoms with Crippen LogP contribution in [-0.2, 0) is 14.3 Å². The van der Waals surface area contributed by atoms with Gasteiger partial charge in [-0.1, -0.05) is 0 Å². The summed E-state index contributed by atoms with van der Waals surface area (Å²) in [7, 11) is 0. The van der Waals surface area contributed by atoms with Crippen molar-refractivity contribution in [3.8, 4) is 0 Å². The molecule has 0 unspecified atom stereocenters. The van der Waals surface area contributed by atoms with Crippen LogP contribution in [0.4, 0.5) is 8.78 Å². The Morgan fingerprint density at radius 3 is 2.53 bits per heavy atom. The van der Waals surface area contributed by atoms with Gasteiger partial charge in [-0.3, -0.25) is 0 Å². The highest BCUT2D eigenvalue weighted by Crippen LogP contribution is 2.37. The first kappa shape index (κ1) is 12.3. The molecule has 1 aliphatic heterocycles. The van der Waals surface area contributed by atoms with Crippen molar-refractivity contribution in [1.82, 2.24) is 0 Å². The molecule has 0 aromatic carbocycles. The van der Waals surface area contributed by atoms with E-state index in [1.807, 2.05) is 0 Å². The maximum absolute atomic E-state index is 13.5. The standard InChI is InChI=1S/C9H14F2O4/c1-2-15-7(12)9(10,11)8(13)3-5-14-6-4-8/h13H,2-6H2,1H3. The highest BCUT2D eigenvalue weighted by molar-refractivity contribution is 5.79. The van der Waals surface area contributed by atoms with Crippen molar-refractivity contribution in [3.05, 3.63) is 0 Å². The number of aliphatic hydroxyl groups is 1. The van der Waals surface area contributed by atoms with Crippen LogP contribution in [0.25, 0.3) is 0 Å². The number of hydrogen-bond acceptors (Lipinski definition) is 4. The van der Waals surface area contributed by atoms with Gasteiger partial charge < -0.3 is 14.6 Å². The first-order valence-corrected chi connectivity index (χ1v) is 4.79. The first-order valence-electron chi connectivity index (χ1n) is 4.79. The highest BCUT2D eigenvalue weighted by atomic mass is 19.3. The molecule has 0 spiro atoms. The number of carbonyl (C=O) groups is 1. The van der Waals surface area contributed by atoms with E-state index < -0.39 is 17.5 Å². The minimum absolute atomic E-state index is 0.0193. The van der Waals surface area contributed by atoms with Gasteiger partial charge >= 0.3 is 11.9 Å². The van der Waals surface area contributed by atoms with Crippen LogP contribution in [0.15, 0.2) is 0 Å². The molecular formula is C9H14F2O4. The van der Waals surface area contributed by atoms with E-state index >= 15 is 0 Å². The van der Waals surface area contributed by atoms with E-state index in [0.29, 0.717) is 0 Å². The van der Waals surface area contributed by atoms with Crippen molar-refractivity contribution in [2.45, 2.75) is 31.3 Å². The SMILES string of the molecule is CCOC(=O)C(F)(F)C1(O)CCOCC1. The number of carbonyl (C=O) groups excluding carboxylic acids is 1. The van der Waals surface area contributed by atoms with Crippen molar-refractivity contribution in [1.29, 1.82) is 0 Å². The third-order valence-corrected chi connectivity index (χ3v) is 2.44. The summed E-state index contributed by atoms with van der Waals surface area (Å²) in [6.45, 7) is 1.33. The van der Waals surface area contributed by atoms with E-state index in [1.54, 1.807) is 0 Å². The smallest absolute Gasteiger partial charge is 0.380 e. The van der Waals surface area contributed by atoms with Crippen LogP contribution >= 0.6 is 0 Å². The lowest BCUT2D eigenvalue weighted by molar-refractivity contribution is -0.229. The summed E-state index contributed by atoms with van der Waals surface area (Å²) in [5, 5.41) is 9.67. The first-order chi connectivity index (χ1) is 6.94. The van der Waals surface area contributed by atoms with Crippen molar-refractivity contribution in [2.75, 3.05) is 19.8 Å². The molecule has 1 rings (SSSR count). The molecule has 0 amide bonds. The molecule has 15 heavy (non-hydrogen) atoms. The predicted octanol–water partition coefficient (Wildman–Crippen LogP) is 0.726. The summed E-state index contributed by atoms with van der Waals surface area (Å²) in [6.07, 6.45) is -0.530. The lowest BCUT2D eigenvalue weighted by Crippen LogP contribution is -2.56. The van der Waals surface area contributed by atoms with Gasteiger partial charge in [-0.15, -0.1) is 0 Å². The summed E-state index contributed by atoms with van der Waals surface area (Å²) in [4.78, 5) is 11.0. The fourth-order valence-corrected chi connectivity index (χ4v) is 1.43. The highest BCUT2D eigenvalue weighted by Gasteiger charge is 2.59. The predicted molar refractivity (Wildman–Crippen MR) is 46.6 cm³/mol. The second kappa shape index (κ2) is 4.40. The molecule has 0 aromatic heterocycles. The molecule has 0 bridgehead atoms. The largest absolute Gasteiger partial charge is 0.461 e. The second-order valence-electron chi connectivity index (χ2n) is 3.44. The van der Waals surface area contributed by atoms with Crippen LogP contribution in [-0.4, -0.2) is 42.4 Å². The molecule has 1 N–H and O–H groups in total. The maximum Gasteiger partial charge on any atom is 0.380 e. The number of rotatable bonds is 3. The van der Waals surface area contributed by atoms with Crippen molar-refractivity contribution in [3.63, 3.8) is 0 Å². The van der Waals surface area contributed by atoms with E-state index in [9.17, 15) is 18.7 Å². The molecule has 0 saturated carbocycles. The van der Waals surface area contributed by atoms with Crippen LogP contribution in [0.5, 0.6) is 0 Å². The number of alkyl halides is 2. The molecule has 0 aromatic rings. The lowest BCUT2D eigenvalue weighted by atomic mass is 9.87. The van der Waals surface area contributed by atoms with Crippen molar-refractivity contribution >= 4 is 5.97 Å². The molecule has 1 heterocycles. The van der Waals surface area contributed by atoms with Crippen LogP contribution < -0.4 is 0 Å². The van der Waals surface area contributed by atoms with Gasteiger partial charge in [0.05, 0.1) is 6.61 Å². The Bertz CT molecular complexity index is 236. The van der Waals surface area contributed by atoms with Crippen LogP contribution in [0, 0.1) is 0 Å². The molecular weight excluding hydrogens is 210 g/mol. The van der Waals surface area contributed by atoms with Gasteiger partial charge in [0.25, 0.3) is 0 Å². The molecule has 1 saturated heterocycles. The van der Waals surface area contributed by atoms with E-state index in [4.69, 9.17) is 4.74 Å². The zero-order chi connectivity index (χ0) is 11.5. The number of hydrogen-bond donors (Lipinski definition) is 1. The molecule has 1 aliphatic rings. The Balaban J connectivity index is 2.77. The third-order valence-electron chi connectivity index (χ3n) is 2.44.